The van der Waals surface area contributed by atoms with E-state index in [9.17, 15) is 18.6 Å². The Labute approximate surface area is 116 Å². The van der Waals surface area contributed by atoms with E-state index in [1.807, 2.05) is 13.8 Å². The molecule has 6 heteroatoms. The van der Waals surface area contributed by atoms with Crippen LogP contribution in [0.5, 0.6) is 0 Å². The van der Waals surface area contributed by atoms with Crippen LogP contribution < -0.4 is 0 Å². The van der Waals surface area contributed by atoms with Crippen molar-refractivity contribution in [1.29, 1.82) is 0 Å². The molecule has 0 aromatic carbocycles. The minimum atomic E-state index is -3.34. The second kappa shape index (κ2) is 5.31. The molecule has 0 spiro atoms. The number of rotatable bonds is 4. The molecule has 1 fully saturated rings. The number of hydrogen-bond acceptors (Lipinski definition) is 4. The van der Waals surface area contributed by atoms with Gasteiger partial charge in [0.15, 0.2) is 0 Å². The molecule has 0 bridgehead atoms. The SMILES string of the molecule is CC(C)[C@@H]1C[C@H](C(C)(C)N(C)S(C)(=O)=O)[C@@H](O)[C@H]1O. The molecule has 0 unspecified atom stereocenters. The van der Waals surface area contributed by atoms with Gasteiger partial charge in [-0.25, -0.2) is 8.42 Å². The Balaban J connectivity index is 3.03. The molecule has 1 saturated carbocycles. The van der Waals surface area contributed by atoms with Crippen molar-refractivity contribution in [3.8, 4) is 0 Å². The zero-order valence-electron chi connectivity index (χ0n) is 12.7. The van der Waals surface area contributed by atoms with Crippen molar-refractivity contribution >= 4 is 10.0 Å². The van der Waals surface area contributed by atoms with E-state index in [-0.39, 0.29) is 17.8 Å². The minimum Gasteiger partial charge on any atom is -0.390 e. The van der Waals surface area contributed by atoms with Crippen LogP contribution in [0.25, 0.3) is 0 Å². The van der Waals surface area contributed by atoms with E-state index in [2.05, 4.69) is 0 Å². The molecule has 0 aromatic rings. The summed E-state index contributed by atoms with van der Waals surface area (Å²) in [6.45, 7) is 7.63. The fourth-order valence-electron chi connectivity index (χ4n) is 3.10. The summed E-state index contributed by atoms with van der Waals surface area (Å²) in [4.78, 5) is 0. The molecule has 0 heterocycles. The van der Waals surface area contributed by atoms with Crippen molar-refractivity contribution in [2.24, 2.45) is 17.8 Å². The number of aliphatic hydroxyl groups excluding tert-OH is 2. The Hall–Kier alpha value is -0.170. The lowest BCUT2D eigenvalue weighted by Gasteiger charge is -2.40. The molecular weight excluding hydrogens is 266 g/mol. The van der Waals surface area contributed by atoms with Crippen LogP contribution in [0.3, 0.4) is 0 Å². The van der Waals surface area contributed by atoms with Crippen molar-refractivity contribution in [2.45, 2.75) is 51.9 Å². The van der Waals surface area contributed by atoms with E-state index in [1.165, 1.54) is 11.4 Å². The van der Waals surface area contributed by atoms with Crippen molar-refractivity contribution in [2.75, 3.05) is 13.3 Å². The molecule has 4 atom stereocenters. The molecule has 0 aromatic heterocycles. The number of aliphatic hydroxyl groups is 2. The molecule has 0 saturated heterocycles. The molecule has 0 amide bonds. The van der Waals surface area contributed by atoms with Gasteiger partial charge in [-0.05, 0) is 32.1 Å². The molecule has 114 valence electrons. The van der Waals surface area contributed by atoms with Crippen LogP contribution in [0.15, 0.2) is 0 Å². The minimum absolute atomic E-state index is 0.00670. The maximum Gasteiger partial charge on any atom is 0.211 e. The molecule has 1 rings (SSSR count). The first-order valence-corrected chi connectivity index (χ1v) is 8.55. The van der Waals surface area contributed by atoms with Gasteiger partial charge < -0.3 is 10.2 Å². The van der Waals surface area contributed by atoms with E-state index in [0.29, 0.717) is 6.42 Å². The van der Waals surface area contributed by atoms with Crippen LogP contribution in [0.2, 0.25) is 0 Å². The van der Waals surface area contributed by atoms with Gasteiger partial charge in [0.25, 0.3) is 0 Å². The van der Waals surface area contributed by atoms with E-state index in [4.69, 9.17) is 0 Å². The van der Waals surface area contributed by atoms with Crippen molar-refractivity contribution in [1.82, 2.24) is 4.31 Å². The Morgan fingerprint density at radius 2 is 1.68 bits per heavy atom. The topological polar surface area (TPSA) is 77.8 Å². The van der Waals surface area contributed by atoms with E-state index in [1.54, 1.807) is 13.8 Å². The smallest absolute Gasteiger partial charge is 0.211 e. The first kappa shape index (κ1) is 16.9. The van der Waals surface area contributed by atoms with Gasteiger partial charge in [0.2, 0.25) is 10.0 Å². The summed E-state index contributed by atoms with van der Waals surface area (Å²) in [5.41, 5.74) is -0.725. The predicted molar refractivity (Wildman–Crippen MR) is 75.1 cm³/mol. The highest BCUT2D eigenvalue weighted by molar-refractivity contribution is 7.88. The fraction of sp³-hybridized carbons (Fsp3) is 1.00. The summed E-state index contributed by atoms with van der Waals surface area (Å²) in [7, 11) is -1.81. The van der Waals surface area contributed by atoms with Gasteiger partial charge in [-0.15, -0.1) is 0 Å². The summed E-state index contributed by atoms with van der Waals surface area (Å²) >= 11 is 0. The van der Waals surface area contributed by atoms with E-state index in [0.717, 1.165) is 6.26 Å². The third-order valence-electron chi connectivity index (χ3n) is 4.80. The van der Waals surface area contributed by atoms with Gasteiger partial charge in [-0.2, -0.15) is 4.31 Å². The third-order valence-corrected chi connectivity index (χ3v) is 6.27. The van der Waals surface area contributed by atoms with E-state index >= 15 is 0 Å². The fourth-order valence-corrected chi connectivity index (χ4v) is 4.09. The first-order chi connectivity index (χ1) is 8.40. The number of sulfonamides is 1. The van der Waals surface area contributed by atoms with Crippen LogP contribution in [0.1, 0.15) is 34.1 Å². The summed E-state index contributed by atoms with van der Waals surface area (Å²) < 4.78 is 24.7. The van der Waals surface area contributed by atoms with Crippen LogP contribution >= 0.6 is 0 Å². The van der Waals surface area contributed by atoms with E-state index < -0.39 is 27.8 Å². The van der Waals surface area contributed by atoms with Gasteiger partial charge >= 0.3 is 0 Å². The maximum absolute atomic E-state index is 11.7. The standard InChI is InChI=1S/C13H27NO4S/c1-8(2)9-7-10(12(16)11(9)15)13(3,4)14(5)19(6,17)18/h8-12,15-16H,7H2,1-6H3/t9-,10-,11-,12+/m0/s1. The summed E-state index contributed by atoms with van der Waals surface area (Å²) in [6, 6.07) is 0. The molecule has 1 aliphatic carbocycles. The van der Waals surface area contributed by atoms with Gasteiger partial charge in [0.1, 0.15) is 0 Å². The molecule has 0 radical (unpaired) electrons. The van der Waals surface area contributed by atoms with Gasteiger partial charge in [-0.3, -0.25) is 0 Å². The summed E-state index contributed by atoms with van der Waals surface area (Å²) in [5, 5.41) is 20.4. The van der Waals surface area contributed by atoms with Crippen LogP contribution in [0.4, 0.5) is 0 Å². The molecular formula is C13H27NO4S. The van der Waals surface area contributed by atoms with Gasteiger partial charge in [0, 0.05) is 18.5 Å². The lowest BCUT2D eigenvalue weighted by molar-refractivity contribution is -0.0248. The average molecular weight is 293 g/mol. The lowest BCUT2D eigenvalue weighted by Crippen LogP contribution is -2.52. The molecule has 19 heavy (non-hydrogen) atoms. The molecule has 2 N–H and O–H groups in total. The second-order valence-electron chi connectivity index (χ2n) is 6.62. The Bertz CT molecular complexity index is 418. The molecule has 0 aliphatic heterocycles. The highest BCUT2D eigenvalue weighted by Crippen LogP contribution is 2.43. The quantitative estimate of drug-likeness (QED) is 0.798. The molecule has 5 nitrogen and oxygen atoms in total. The maximum atomic E-state index is 11.7. The van der Waals surface area contributed by atoms with Gasteiger partial charge in [-0.1, -0.05) is 13.8 Å². The van der Waals surface area contributed by atoms with Gasteiger partial charge in [0.05, 0.1) is 18.5 Å². The zero-order valence-corrected chi connectivity index (χ0v) is 13.5. The van der Waals surface area contributed by atoms with Crippen molar-refractivity contribution < 1.29 is 18.6 Å². The van der Waals surface area contributed by atoms with Crippen LogP contribution in [-0.2, 0) is 10.0 Å². The second-order valence-corrected chi connectivity index (χ2v) is 8.63. The zero-order chi connectivity index (χ0) is 15.2. The normalized spacial score (nSPS) is 33.4. The van der Waals surface area contributed by atoms with Crippen molar-refractivity contribution in [3.63, 3.8) is 0 Å². The summed E-state index contributed by atoms with van der Waals surface area (Å²) in [6.07, 6.45) is 0.128. The molecule has 1 aliphatic rings. The predicted octanol–water partition coefficient (Wildman–Crippen LogP) is 0.670. The number of hydrogen-bond donors (Lipinski definition) is 2. The largest absolute Gasteiger partial charge is 0.390 e. The third kappa shape index (κ3) is 3.12. The average Bonchev–Trinajstić information content (AvgIpc) is 2.54. The Kier molecular flexibility index (Phi) is 4.72. The first-order valence-electron chi connectivity index (χ1n) is 6.70. The van der Waals surface area contributed by atoms with Crippen molar-refractivity contribution in [3.05, 3.63) is 0 Å². The van der Waals surface area contributed by atoms with Crippen LogP contribution in [-0.4, -0.2) is 54.0 Å². The van der Waals surface area contributed by atoms with Crippen LogP contribution in [0, 0.1) is 17.8 Å². The highest BCUT2D eigenvalue weighted by Gasteiger charge is 2.51. The summed E-state index contributed by atoms with van der Waals surface area (Å²) in [5.74, 6) is -0.00384. The Morgan fingerprint density at radius 1 is 1.21 bits per heavy atom. The highest BCUT2D eigenvalue weighted by atomic mass is 32.2. The monoisotopic (exact) mass is 293 g/mol. The number of nitrogens with zero attached hydrogens (tertiary/aromatic N) is 1. The lowest BCUT2D eigenvalue weighted by atomic mass is 9.83. The Morgan fingerprint density at radius 3 is 2.00 bits per heavy atom.